The average Bonchev–Trinajstić information content (AvgIpc) is 2.48. The van der Waals surface area contributed by atoms with Gasteiger partial charge in [-0.15, -0.1) is 0 Å². The molecule has 0 unspecified atom stereocenters. The molecule has 1 aliphatic carbocycles. The van der Waals surface area contributed by atoms with Gasteiger partial charge in [0.25, 0.3) is 0 Å². The maximum atomic E-state index is 6.41. The van der Waals surface area contributed by atoms with Gasteiger partial charge in [-0.25, -0.2) is 0 Å². The van der Waals surface area contributed by atoms with Gasteiger partial charge in [0, 0.05) is 0 Å². The summed E-state index contributed by atoms with van der Waals surface area (Å²) in [6.45, 7) is 0.652. The molecule has 2 nitrogen and oxygen atoms in total. The predicted molar refractivity (Wildman–Crippen MR) is 87.8 cm³/mol. The van der Waals surface area contributed by atoms with Crippen LogP contribution in [0.1, 0.15) is 25.7 Å². The van der Waals surface area contributed by atoms with Gasteiger partial charge in [0.15, 0.2) is 0 Å². The zero-order chi connectivity index (χ0) is 14.7. The molecule has 110 valence electrons. The second-order valence-corrected chi connectivity index (χ2v) is 6.10. The van der Waals surface area contributed by atoms with Crippen LogP contribution in [0.3, 0.4) is 0 Å². The first-order chi connectivity index (χ1) is 10.2. The lowest BCUT2D eigenvalue weighted by molar-refractivity contribution is -0.0124. The number of halogens is 1. The molecule has 0 atom stereocenters. The van der Waals surface area contributed by atoms with Crippen molar-refractivity contribution < 1.29 is 4.74 Å². The van der Waals surface area contributed by atoms with E-state index >= 15 is 0 Å². The topological polar surface area (TPSA) is 35.2 Å². The van der Waals surface area contributed by atoms with Crippen LogP contribution in [-0.4, -0.2) is 12.1 Å². The first kappa shape index (κ1) is 14.4. The van der Waals surface area contributed by atoms with Crippen LogP contribution in [-0.2, 0) is 0 Å². The summed E-state index contributed by atoms with van der Waals surface area (Å²) < 4.78 is 6.19. The first-order valence-electron chi connectivity index (χ1n) is 7.46. The Hall–Kier alpha value is -1.51. The molecule has 0 heterocycles. The predicted octanol–water partition coefficient (Wildman–Crippen LogP) is 4.66. The second-order valence-electron chi connectivity index (χ2n) is 5.69. The fraction of sp³-hybridized carbons (Fsp3) is 0.333. The van der Waals surface area contributed by atoms with E-state index in [4.69, 9.17) is 22.1 Å². The first-order valence-corrected chi connectivity index (χ1v) is 7.84. The Morgan fingerprint density at radius 2 is 1.81 bits per heavy atom. The third-order valence-electron chi connectivity index (χ3n) is 4.23. The molecule has 3 rings (SSSR count). The van der Waals surface area contributed by atoms with Crippen molar-refractivity contribution in [3.05, 3.63) is 53.6 Å². The Bertz CT molecular complexity index is 608. The van der Waals surface area contributed by atoms with Crippen molar-refractivity contribution in [2.24, 2.45) is 5.73 Å². The molecular formula is C18H20ClNO. The van der Waals surface area contributed by atoms with E-state index in [9.17, 15) is 0 Å². The summed E-state index contributed by atoms with van der Waals surface area (Å²) in [5.74, 6) is 0.768. The number of ether oxygens (including phenoxy) is 1. The third kappa shape index (κ3) is 3.07. The molecule has 3 heteroatoms. The molecule has 0 radical (unpaired) electrons. The SMILES string of the molecule is NCCC1(Oc2ccc(-c3ccccc3)cc2Cl)CCC1. The van der Waals surface area contributed by atoms with Crippen molar-refractivity contribution in [3.63, 3.8) is 0 Å². The van der Waals surface area contributed by atoms with Crippen molar-refractivity contribution in [3.8, 4) is 16.9 Å². The monoisotopic (exact) mass is 301 g/mol. The fourth-order valence-corrected chi connectivity index (χ4v) is 3.08. The van der Waals surface area contributed by atoms with Crippen LogP contribution in [0, 0.1) is 0 Å². The highest BCUT2D eigenvalue weighted by molar-refractivity contribution is 6.32. The molecule has 0 aromatic heterocycles. The van der Waals surface area contributed by atoms with E-state index in [-0.39, 0.29) is 5.60 Å². The maximum absolute atomic E-state index is 6.41. The summed E-state index contributed by atoms with van der Waals surface area (Å²) >= 11 is 6.41. The third-order valence-corrected chi connectivity index (χ3v) is 4.53. The van der Waals surface area contributed by atoms with E-state index in [1.165, 1.54) is 6.42 Å². The van der Waals surface area contributed by atoms with Gasteiger partial charge in [-0.05, 0) is 55.5 Å². The maximum Gasteiger partial charge on any atom is 0.138 e. The van der Waals surface area contributed by atoms with Gasteiger partial charge in [-0.3, -0.25) is 0 Å². The highest BCUT2D eigenvalue weighted by Crippen LogP contribution is 2.41. The quantitative estimate of drug-likeness (QED) is 0.872. The number of benzene rings is 2. The Morgan fingerprint density at radius 3 is 2.38 bits per heavy atom. The Kier molecular flexibility index (Phi) is 4.18. The van der Waals surface area contributed by atoms with E-state index in [0.29, 0.717) is 11.6 Å². The molecule has 0 bridgehead atoms. The van der Waals surface area contributed by atoms with E-state index in [1.54, 1.807) is 0 Å². The van der Waals surface area contributed by atoms with Crippen molar-refractivity contribution >= 4 is 11.6 Å². The van der Waals surface area contributed by atoms with E-state index < -0.39 is 0 Å². The van der Waals surface area contributed by atoms with Gasteiger partial charge >= 0.3 is 0 Å². The second kappa shape index (κ2) is 6.08. The van der Waals surface area contributed by atoms with Crippen molar-refractivity contribution in [2.45, 2.75) is 31.3 Å². The number of rotatable bonds is 5. The van der Waals surface area contributed by atoms with Crippen molar-refractivity contribution in [1.29, 1.82) is 0 Å². The molecule has 1 fully saturated rings. The minimum Gasteiger partial charge on any atom is -0.486 e. The van der Waals surface area contributed by atoms with Gasteiger partial charge in [-0.2, -0.15) is 0 Å². The number of nitrogens with two attached hydrogens (primary N) is 1. The highest BCUT2D eigenvalue weighted by Gasteiger charge is 2.38. The Balaban J connectivity index is 1.82. The molecule has 21 heavy (non-hydrogen) atoms. The van der Waals surface area contributed by atoms with Crippen molar-refractivity contribution in [1.82, 2.24) is 0 Å². The molecular weight excluding hydrogens is 282 g/mol. The van der Waals surface area contributed by atoms with Crippen LogP contribution < -0.4 is 10.5 Å². The zero-order valence-electron chi connectivity index (χ0n) is 12.0. The molecule has 0 amide bonds. The summed E-state index contributed by atoms with van der Waals surface area (Å²) in [5, 5.41) is 0.666. The van der Waals surface area contributed by atoms with Crippen LogP contribution in [0.5, 0.6) is 5.75 Å². The lowest BCUT2D eigenvalue weighted by Crippen LogP contribution is -2.44. The molecule has 0 saturated heterocycles. The molecule has 1 aliphatic rings. The zero-order valence-corrected chi connectivity index (χ0v) is 12.8. The van der Waals surface area contributed by atoms with Crippen LogP contribution in [0.4, 0.5) is 0 Å². The van der Waals surface area contributed by atoms with Crippen LogP contribution in [0.2, 0.25) is 5.02 Å². The summed E-state index contributed by atoms with van der Waals surface area (Å²) in [7, 11) is 0. The molecule has 0 spiro atoms. The minimum absolute atomic E-state index is 0.0906. The largest absolute Gasteiger partial charge is 0.486 e. The van der Waals surface area contributed by atoms with Gasteiger partial charge < -0.3 is 10.5 Å². The van der Waals surface area contributed by atoms with Gasteiger partial charge in [0.05, 0.1) is 5.02 Å². The molecule has 2 N–H and O–H groups in total. The highest BCUT2D eigenvalue weighted by atomic mass is 35.5. The van der Waals surface area contributed by atoms with E-state index in [2.05, 4.69) is 18.2 Å². The Labute approximate surface area is 130 Å². The fourth-order valence-electron chi connectivity index (χ4n) is 2.86. The van der Waals surface area contributed by atoms with Crippen LogP contribution in [0.25, 0.3) is 11.1 Å². The summed E-state index contributed by atoms with van der Waals surface area (Å²) in [5.41, 5.74) is 7.88. The molecule has 0 aliphatic heterocycles. The van der Waals surface area contributed by atoms with E-state index in [0.717, 1.165) is 36.1 Å². The lowest BCUT2D eigenvalue weighted by atomic mass is 9.77. The lowest BCUT2D eigenvalue weighted by Gasteiger charge is -2.42. The van der Waals surface area contributed by atoms with E-state index in [1.807, 2.05) is 30.3 Å². The number of hydrogen-bond donors (Lipinski definition) is 1. The van der Waals surface area contributed by atoms with Gasteiger partial charge in [0.1, 0.15) is 11.4 Å². The smallest absolute Gasteiger partial charge is 0.138 e. The standard InChI is InChI=1S/C18H20ClNO/c19-16-13-15(14-5-2-1-3-6-14)7-8-17(16)21-18(11-12-20)9-4-10-18/h1-3,5-8,13H,4,9-12,20H2. The summed E-state index contributed by atoms with van der Waals surface area (Å²) in [4.78, 5) is 0. The summed E-state index contributed by atoms with van der Waals surface area (Å²) in [6.07, 6.45) is 4.24. The van der Waals surface area contributed by atoms with Crippen LogP contribution in [0.15, 0.2) is 48.5 Å². The normalized spacial score (nSPS) is 16.3. The molecule has 2 aromatic rings. The van der Waals surface area contributed by atoms with Crippen molar-refractivity contribution in [2.75, 3.05) is 6.54 Å². The molecule has 2 aromatic carbocycles. The average molecular weight is 302 g/mol. The number of hydrogen-bond acceptors (Lipinski definition) is 2. The Morgan fingerprint density at radius 1 is 1.05 bits per heavy atom. The molecule has 1 saturated carbocycles. The van der Waals surface area contributed by atoms with Gasteiger partial charge in [-0.1, -0.05) is 48.0 Å². The minimum atomic E-state index is -0.0906. The summed E-state index contributed by atoms with van der Waals surface area (Å²) in [6, 6.07) is 16.2. The van der Waals surface area contributed by atoms with Crippen LogP contribution >= 0.6 is 11.6 Å². The van der Waals surface area contributed by atoms with Gasteiger partial charge in [0.2, 0.25) is 0 Å².